The Morgan fingerprint density at radius 3 is 2.67 bits per heavy atom. The van der Waals surface area contributed by atoms with Gasteiger partial charge in [0.25, 0.3) is 5.91 Å². The molecule has 8 nitrogen and oxygen atoms in total. The molecule has 0 aliphatic rings. The van der Waals surface area contributed by atoms with Crippen LogP contribution in [0.25, 0.3) is 0 Å². The summed E-state index contributed by atoms with van der Waals surface area (Å²) in [6.45, 7) is 1.73. The van der Waals surface area contributed by atoms with Crippen LogP contribution in [0.3, 0.4) is 0 Å². The Kier molecular flexibility index (Phi) is 7.66. The number of sulfonamides is 1. The minimum atomic E-state index is -3.21. The molecule has 1 rings (SSSR count). The molecule has 134 valence electrons. The third kappa shape index (κ3) is 6.55. The quantitative estimate of drug-likeness (QED) is 0.591. The summed E-state index contributed by atoms with van der Waals surface area (Å²) in [6.07, 6.45) is 0.483. The van der Waals surface area contributed by atoms with Gasteiger partial charge in [0, 0.05) is 25.7 Å². The first kappa shape index (κ1) is 19.9. The molecule has 0 spiro atoms. The standard InChI is InChI=1S/C15H22N2O6S/c1-3-24(21,22)17(2)9-5-8-16-15(20)12-6-4-7-13(10-12)23-11-14(18)19/h4,6-7,10H,3,5,8-9,11H2,1-2H3,(H,16,20)(H,18,19). The van der Waals surface area contributed by atoms with E-state index in [0.717, 1.165) is 0 Å². The van der Waals surface area contributed by atoms with E-state index in [1.807, 2.05) is 0 Å². The van der Waals surface area contributed by atoms with Gasteiger partial charge in [0.15, 0.2) is 6.61 Å². The molecule has 0 bridgehead atoms. The van der Waals surface area contributed by atoms with Crippen LogP contribution in [0.15, 0.2) is 24.3 Å². The molecule has 0 aliphatic carbocycles. The van der Waals surface area contributed by atoms with Crippen molar-refractivity contribution in [2.75, 3.05) is 32.5 Å². The van der Waals surface area contributed by atoms with E-state index in [0.29, 0.717) is 30.8 Å². The molecule has 0 saturated carbocycles. The van der Waals surface area contributed by atoms with Crippen molar-refractivity contribution < 1.29 is 27.9 Å². The van der Waals surface area contributed by atoms with Gasteiger partial charge in [-0.25, -0.2) is 17.5 Å². The van der Waals surface area contributed by atoms with Crippen molar-refractivity contribution >= 4 is 21.9 Å². The van der Waals surface area contributed by atoms with Crippen molar-refractivity contribution in [3.8, 4) is 5.75 Å². The number of carbonyl (C=O) groups is 2. The van der Waals surface area contributed by atoms with Crippen LogP contribution in [0.2, 0.25) is 0 Å². The van der Waals surface area contributed by atoms with Crippen LogP contribution >= 0.6 is 0 Å². The summed E-state index contributed by atoms with van der Waals surface area (Å²) in [5.41, 5.74) is 0.340. The number of rotatable bonds is 10. The SMILES string of the molecule is CCS(=O)(=O)N(C)CCCNC(=O)c1cccc(OCC(=O)O)c1. The molecule has 0 aromatic heterocycles. The summed E-state index contributed by atoms with van der Waals surface area (Å²) < 4.78 is 29.4. The van der Waals surface area contributed by atoms with Crippen molar-refractivity contribution in [1.29, 1.82) is 0 Å². The highest BCUT2D eigenvalue weighted by Gasteiger charge is 2.14. The van der Waals surface area contributed by atoms with Crippen LogP contribution in [-0.2, 0) is 14.8 Å². The Bertz CT molecular complexity index is 674. The maximum Gasteiger partial charge on any atom is 0.341 e. The van der Waals surface area contributed by atoms with Gasteiger partial charge in [-0.05, 0) is 31.5 Å². The van der Waals surface area contributed by atoms with Crippen molar-refractivity contribution in [3.05, 3.63) is 29.8 Å². The Morgan fingerprint density at radius 1 is 1.33 bits per heavy atom. The van der Waals surface area contributed by atoms with Crippen molar-refractivity contribution in [2.45, 2.75) is 13.3 Å². The smallest absolute Gasteiger partial charge is 0.341 e. The van der Waals surface area contributed by atoms with Crippen LogP contribution < -0.4 is 10.1 Å². The molecule has 2 N–H and O–H groups in total. The lowest BCUT2D eigenvalue weighted by Gasteiger charge is -2.15. The van der Waals surface area contributed by atoms with Gasteiger partial charge >= 0.3 is 5.97 Å². The largest absolute Gasteiger partial charge is 0.482 e. The first-order valence-corrected chi connectivity index (χ1v) is 9.04. The monoisotopic (exact) mass is 358 g/mol. The number of carbonyl (C=O) groups excluding carboxylic acids is 1. The van der Waals surface area contributed by atoms with E-state index >= 15 is 0 Å². The number of hydrogen-bond acceptors (Lipinski definition) is 5. The van der Waals surface area contributed by atoms with E-state index in [9.17, 15) is 18.0 Å². The third-order valence-electron chi connectivity index (χ3n) is 3.23. The van der Waals surface area contributed by atoms with E-state index in [1.165, 1.54) is 17.4 Å². The average molecular weight is 358 g/mol. The Labute approximate surface area is 141 Å². The number of nitrogens with zero attached hydrogens (tertiary/aromatic N) is 1. The molecule has 0 fully saturated rings. The fraction of sp³-hybridized carbons (Fsp3) is 0.467. The van der Waals surface area contributed by atoms with E-state index in [1.54, 1.807) is 25.1 Å². The summed E-state index contributed by atoms with van der Waals surface area (Å²) in [5.74, 6) is -1.11. The molecule has 0 unspecified atom stereocenters. The number of hydrogen-bond donors (Lipinski definition) is 2. The number of amides is 1. The van der Waals surface area contributed by atoms with Gasteiger partial charge in [-0.15, -0.1) is 0 Å². The molecule has 1 aromatic rings. The Morgan fingerprint density at radius 2 is 2.04 bits per heavy atom. The lowest BCUT2D eigenvalue weighted by Crippen LogP contribution is -2.32. The second-order valence-electron chi connectivity index (χ2n) is 5.04. The summed E-state index contributed by atoms with van der Waals surface area (Å²) in [4.78, 5) is 22.5. The van der Waals surface area contributed by atoms with Gasteiger partial charge in [0.05, 0.1) is 5.75 Å². The van der Waals surface area contributed by atoms with Crippen molar-refractivity contribution in [2.24, 2.45) is 0 Å². The maximum atomic E-state index is 12.0. The second-order valence-corrected chi connectivity index (χ2v) is 7.41. The number of nitrogens with one attached hydrogen (secondary N) is 1. The van der Waals surface area contributed by atoms with E-state index in [2.05, 4.69) is 5.32 Å². The fourth-order valence-electron chi connectivity index (χ4n) is 1.84. The highest BCUT2D eigenvalue weighted by molar-refractivity contribution is 7.89. The van der Waals surface area contributed by atoms with Crippen molar-refractivity contribution in [3.63, 3.8) is 0 Å². The summed E-state index contributed by atoms with van der Waals surface area (Å²) >= 11 is 0. The number of carboxylic acids is 1. The van der Waals surface area contributed by atoms with Crippen LogP contribution in [0.4, 0.5) is 0 Å². The van der Waals surface area contributed by atoms with Gasteiger partial charge in [0.2, 0.25) is 10.0 Å². The highest BCUT2D eigenvalue weighted by Crippen LogP contribution is 2.13. The molecule has 0 heterocycles. The topological polar surface area (TPSA) is 113 Å². The second kappa shape index (κ2) is 9.24. The first-order chi connectivity index (χ1) is 11.3. The summed E-state index contributed by atoms with van der Waals surface area (Å²) in [7, 11) is -1.71. The maximum absolute atomic E-state index is 12.0. The predicted octanol–water partition coefficient (Wildman–Crippen LogP) is 0.551. The predicted molar refractivity (Wildman–Crippen MR) is 88.6 cm³/mol. The molecular weight excluding hydrogens is 336 g/mol. The zero-order valence-corrected chi connectivity index (χ0v) is 14.5. The van der Waals surface area contributed by atoms with Gasteiger partial charge < -0.3 is 15.2 Å². The first-order valence-electron chi connectivity index (χ1n) is 7.43. The fourth-order valence-corrected chi connectivity index (χ4v) is 2.69. The molecule has 24 heavy (non-hydrogen) atoms. The normalized spacial score (nSPS) is 11.3. The van der Waals surface area contributed by atoms with Gasteiger partial charge in [0.1, 0.15) is 5.75 Å². The van der Waals surface area contributed by atoms with Gasteiger partial charge in [-0.2, -0.15) is 0 Å². The van der Waals surface area contributed by atoms with Crippen LogP contribution in [0.1, 0.15) is 23.7 Å². The van der Waals surface area contributed by atoms with Gasteiger partial charge in [-0.3, -0.25) is 4.79 Å². The number of ether oxygens (including phenoxy) is 1. The van der Waals surface area contributed by atoms with Crippen LogP contribution in [0, 0.1) is 0 Å². The van der Waals surface area contributed by atoms with E-state index < -0.39 is 22.6 Å². The Hall–Kier alpha value is -2.13. The third-order valence-corrected chi connectivity index (χ3v) is 5.10. The lowest BCUT2D eigenvalue weighted by atomic mass is 10.2. The number of benzene rings is 1. The summed E-state index contributed by atoms with van der Waals surface area (Å²) in [6, 6.07) is 6.18. The number of aliphatic carboxylic acids is 1. The Balaban J connectivity index is 2.45. The molecule has 0 atom stereocenters. The molecule has 0 aliphatic heterocycles. The number of carboxylic acid groups (broad SMARTS) is 1. The molecule has 9 heteroatoms. The molecule has 0 saturated heterocycles. The minimum absolute atomic E-state index is 0.0407. The lowest BCUT2D eigenvalue weighted by molar-refractivity contribution is -0.139. The zero-order valence-electron chi connectivity index (χ0n) is 13.7. The molecular formula is C15H22N2O6S. The highest BCUT2D eigenvalue weighted by atomic mass is 32.2. The van der Waals surface area contributed by atoms with Crippen molar-refractivity contribution in [1.82, 2.24) is 9.62 Å². The average Bonchev–Trinajstić information content (AvgIpc) is 2.56. The molecule has 1 aromatic carbocycles. The van der Waals surface area contributed by atoms with Crippen LogP contribution in [-0.4, -0.2) is 62.2 Å². The molecule has 0 radical (unpaired) electrons. The van der Waals surface area contributed by atoms with E-state index in [4.69, 9.17) is 9.84 Å². The molecule has 1 amide bonds. The zero-order chi connectivity index (χ0) is 18.2. The summed E-state index contributed by atoms with van der Waals surface area (Å²) in [5, 5.41) is 11.2. The van der Waals surface area contributed by atoms with Crippen LogP contribution in [0.5, 0.6) is 5.75 Å². The minimum Gasteiger partial charge on any atom is -0.482 e. The van der Waals surface area contributed by atoms with Gasteiger partial charge in [-0.1, -0.05) is 6.07 Å². The van der Waals surface area contributed by atoms with E-state index in [-0.39, 0.29) is 11.7 Å².